The van der Waals surface area contributed by atoms with E-state index in [4.69, 9.17) is 10.5 Å². The molecule has 0 aromatic carbocycles. The number of hydrogen-bond acceptors (Lipinski definition) is 4. The van der Waals surface area contributed by atoms with Gasteiger partial charge in [0.05, 0.1) is 12.8 Å². The van der Waals surface area contributed by atoms with Crippen molar-refractivity contribution >= 4 is 0 Å². The number of ether oxygens (including phenoxy) is 1. The molecule has 1 rings (SSSR count). The normalized spacial score (nSPS) is 16.8. The third-order valence-corrected chi connectivity index (χ3v) is 2.72. The number of halogens is 3. The number of alkyl halides is 3. The lowest BCUT2D eigenvalue weighted by molar-refractivity contribution is -0.273. The van der Waals surface area contributed by atoms with Crippen LogP contribution in [0.25, 0.3) is 0 Å². The van der Waals surface area contributed by atoms with E-state index in [2.05, 4.69) is 4.98 Å². The molecule has 0 saturated heterocycles. The maximum Gasteiger partial charge on any atom is 0.423 e. The van der Waals surface area contributed by atoms with Crippen molar-refractivity contribution in [3.05, 3.63) is 24.0 Å². The molecule has 0 saturated carbocycles. The zero-order valence-corrected chi connectivity index (χ0v) is 10.7. The van der Waals surface area contributed by atoms with E-state index in [9.17, 15) is 18.3 Å². The van der Waals surface area contributed by atoms with Crippen molar-refractivity contribution in [3.8, 4) is 5.75 Å². The summed E-state index contributed by atoms with van der Waals surface area (Å²) < 4.78 is 44.3. The largest absolute Gasteiger partial charge is 0.492 e. The van der Waals surface area contributed by atoms with Crippen LogP contribution in [-0.4, -0.2) is 28.9 Å². The number of nitrogens with two attached hydrogens (primary N) is 1. The van der Waals surface area contributed by atoms with Gasteiger partial charge in [0, 0.05) is 17.8 Å². The van der Waals surface area contributed by atoms with E-state index in [1.54, 1.807) is 0 Å². The van der Waals surface area contributed by atoms with E-state index in [1.807, 2.05) is 6.92 Å². The first-order chi connectivity index (χ1) is 8.73. The monoisotopic (exact) mass is 278 g/mol. The van der Waals surface area contributed by atoms with Gasteiger partial charge in [0.2, 0.25) is 5.60 Å². The van der Waals surface area contributed by atoms with Gasteiger partial charge in [-0.3, -0.25) is 4.98 Å². The molecule has 1 aromatic rings. The molecule has 2 atom stereocenters. The molecule has 0 bridgehead atoms. The molecule has 19 heavy (non-hydrogen) atoms. The summed E-state index contributed by atoms with van der Waals surface area (Å²) in [5.74, 6) is 0.169. The predicted octanol–water partition coefficient (Wildman–Crippen LogP) is 1.97. The van der Waals surface area contributed by atoms with Gasteiger partial charge in [0.15, 0.2) is 0 Å². The Morgan fingerprint density at radius 3 is 2.53 bits per heavy atom. The quantitative estimate of drug-likeness (QED) is 0.864. The van der Waals surface area contributed by atoms with Gasteiger partial charge in [-0.1, -0.05) is 6.92 Å². The van der Waals surface area contributed by atoms with Crippen molar-refractivity contribution in [3.63, 3.8) is 0 Å². The highest BCUT2D eigenvalue weighted by atomic mass is 19.4. The van der Waals surface area contributed by atoms with Gasteiger partial charge in [-0.25, -0.2) is 0 Å². The number of pyridine rings is 1. The first-order valence-electron chi connectivity index (χ1n) is 5.86. The molecule has 2 unspecified atom stereocenters. The summed E-state index contributed by atoms with van der Waals surface area (Å²) in [6, 6.07) is -0.421. The topological polar surface area (TPSA) is 68.4 Å². The van der Waals surface area contributed by atoms with E-state index in [-0.39, 0.29) is 5.75 Å². The fourth-order valence-corrected chi connectivity index (χ4v) is 1.61. The molecule has 4 nitrogen and oxygen atoms in total. The summed E-state index contributed by atoms with van der Waals surface area (Å²) in [4.78, 5) is 3.66. The fourth-order valence-electron chi connectivity index (χ4n) is 1.61. The molecule has 1 aromatic heterocycles. The molecular weight excluding hydrogens is 261 g/mol. The fraction of sp³-hybridized carbons (Fsp3) is 0.583. The molecule has 0 aliphatic rings. The van der Waals surface area contributed by atoms with Gasteiger partial charge in [-0.15, -0.1) is 0 Å². The third kappa shape index (κ3) is 3.16. The van der Waals surface area contributed by atoms with Crippen LogP contribution in [0.1, 0.15) is 25.8 Å². The molecule has 3 N–H and O–H groups in total. The second-order valence-corrected chi connectivity index (χ2v) is 4.31. The minimum atomic E-state index is -4.90. The lowest BCUT2D eigenvalue weighted by Crippen LogP contribution is -2.54. The highest BCUT2D eigenvalue weighted by Crippen LogP contribution is 2.41. The Morgan fingerprint density at radius 1 is 1.42 bits per heavy atom. The second-order valence-electron chi connectivity index (χ2n) is 4.31. The van der Waals surface area contributed by atoms with Crippen molar-refractivity contribution in [2.75, 3.05) is 6.61 Å². The number of aliphatic hydroxyl groups is 1. The lowest BCUT2D eigenvalue weighted by Gasteiger charge is -2.34. The number of rotatable bonds is 5. The van der Waals surface area contributed by atoms with Crippen LogP contribution in [0.4, 0.5) is 13.2 Å². The SMILES string of the molecule is CCCOc1cncc(C(O)(C(C)N)C(F)(F)F)c1. The summed E-state index contributed by atoms with van der Waals surface area (Å²) in [5, 5.41) is 9.90. The molecule has 1 heterocycles. The second kappa shape index (κ2) is 5.75. The first kappa shape index (κ1) is 15.7. The molecule has 108 valence electrons. The Kier molecular flexibility index (Phi) is 4.75. The van der Waals surface area contributed by atoms with Crippen LogP contribution < -0.4 is 10.5 Å². The molecule has 0 aliphatic carbocycles. The summed E-state index contributed by atoms with van der Waals surface area (Å²) in [5.41, 5.74) is 1.73. The Bertz CT molecular complexity index is 424. The van der Waals surface area contributed by atoms with Crippen LogP contribution in [-0.2, 0) is 5.60 Å². The smallest absolute Gasteiger partial charge is 0.423 e. The molecule has 0 radical (unpaired) electrons. The Labute approximate surface area is 109 Å². The lowest BCUT2D eigenvalue weighted by atomic mass is 9.88. The van der Waals surface area contributed by atoms with Crippen LogP contribution in [0.2, 0.25) is 0 Å². The summed E-state index contributed by atoms with van der Waals surface area (Å²) in [6.07, 6.45) is -1.96. The Morgan fingerprint density at radius 2 is 2.05 bits per heavy atom. The minimum Gasteiger partial charge on any atom is -0.492 e. The highest BCUT2D eigenvalue weighted by Gasteiger charge is 2.57. The maximum atomic E-state index is 13.0. The zero-order chi connectivity index (χ0) is 14.7. The van der Waals surface area contributed by atoms with Crippen LogP contribution in [0.3, 0.4) is 0 Å². The van der Waals surface area contributed by atoms with E-state index in [1.165, 1.54) is 6.20 Å². The molecule has 0 aliphatic heterocycles. The minimum absolute atomic E-state index is 0.169. The van der Waals surface area contributed by atoms with Crippen LogP contribution in [0.15, 0.2) is 18.5 Å². The summed E-state index contributed by atoms with van der Waals surface area (Å²) >= 11 is 0. The van der Waals surface area contributed by atoms with Crippen LogP contribution in [0.5, 0.6) is 5.75 Å². The van der Waals surface area contributed by atoms with Crippen molar-refractivity contribution < 1.29 is 23.0 Å². The number of hydrogen-bond donors (Lipinski definition) is 2. The zero-order valence-electron chi connectivity index (χ0n) is 10.7. The average Bonchev–Trinajstić information content (AvgIpc) is 2.34. The first-order valence-corrected chi connectivity index (χ1v) is 5.86. The van der Waals surface area contributed by atoms with Gasteiger partial charge in [0.25, 0.3) is 0 Å². The number of nitrogens with zero attached hydrogens (tertiary/aromatic N) is 1. The van der Waals surface area contributed by atoms with Gasteiger partial charge < -0.3 is 15.6 Å². The molecule has 0 spiro atoms. The van der Waals surface area contributed by atoms with E-state index in [0.29, 0.717) is 13.0 Å². The third-order valence-electron chi connectivity index (χ3n) is 2.72. The van der Waals surface area contributed by atoms with Crippen LogP contribution in [0, 0.1) is 0 Å². The molecule has 0 amide bonds. The van der Waals surface area contributed by atoms with Crippen molar-refractivity contribution in [2.45, 2.75) is 38.1 Å². The molecule has 7 heteroatoms. The van der Waals surface area contributed by atoms with Crippen molar-refractivity contribution in [2.24, 2.45) is 5.73 Å². The summed E-state index contributed by atoms with van der Waals surface area (Å²) in [6.45, 7) is 3.31. The van der Waals surface area contributed by atoms with E-state index < -0.39 is 23.4 Å². The highest BCUT2D eigenvalue weighted by molar-refractivity contribution is 5.30. The molecule has 0 fully saturated rings. The van der Waals surface area contributed by atoms with Gasteiger partial charge >= 0.3 is 6.18 Å². The van der Waals surface area contributed by atoms with Gasteiger partial charge in [-0.2, -0.15) is 13.2 Å². The van der Waals surface area contributed by atoms with Crippen molar-refractivity contribution in [1.29, 1.82) is 0 Å². The summed E-state index contributed by atoms with van der Waals surface area (Å²) in [7, 11) is 0. The predicted molar refractivity (Wildman–Crippen MR) is 63.6 cm³/mol. The van der Waals surface area contributed by atoms with Gasteiger partial charge in [0.1, 0.15) is 5.75 Å². The van der Waals surface area contributed by atoms with Crippen molar-refractivity contribution in [1.82, 2.24) is 4.98 Å². The molecular formula is C12H17F3N2O2. The van der Waals surface area contributed by atoms with E-state index in [0.717, 1.165) is 19.2 Å². The maximum absolute atomic E-state index is 13.0. The Balaban J connectivity index is 3.18. The van der Waals surface area contributed by atoms with Gasteiger partial charge in [-0.05, 0) is 19.4 Å². The standard InChI is InChI=1S/C12H17F3N2O2/c1-3-4-19-10-5-9(6-17-7-10)11(18,8(2)16)12(13,14)15/h5-8,18H,3-4,16H2,1-2H3. The van der Waals surface area contributed by atoms with Crippen LogP contribution >= 0.6 is 0 Å². The number of aromatic nitrogens is 1. The Hall–Kier alpha value is -1.34. The van der Waals surface area contributed by atoms with E-state index >= 15 is 0 Å². The average molecular weight is 278 g/mol.